The van der Waals surface area contributed by atoms with E-state index < -0.39 is 0 Å². The fraction of sp³-hybridized carbons (Fsp3) is 0.308. The van der Waals surface area contributed by atoms with Crippen LogP contribution in [0.1, 0.15) is 18.1 Å². The summed E-state index contributed by atoms with van der Waals surface area (Å²) in [4.78, 5) is 11.3. The Kier molecular flexibility index (Phi) is 2.69. The minimum absolute atomic E-state index is 0.318. The smallest absolute Gasteiger partial charge is 0.336 e. The predicted molar refractivity (Wildman–Crippen MR) is 63.1 cm³/mol. The van der Waals surface area contributed by atoms with Gasteiger partial charge in [-0.3, -0.25) is 0 Å². The van der Waals surface area contributed by atoms with Gasteiger partial charge in [0.05, 0.1) is 6.61 Å². The minimum atomic E-state index is -0.318. The molecule has 1 aromatic carbocycles. The molecular weight excluding hydrogens is 204 g/mol. The molecule has 0 radical (unpaired) electrons. The molecule has 0 aliphatic carbocycles. The topological polar surface area (TPSA) is 39.4 Å². The first kappa shape index (κ1) is 10.7. The third-order valence-corrected chi connectivity index (χ3v) is 2.62. The van der Waals surface area contributed by atoms with Gasteiger partial charge in [-0.05, 0) is 38.5 Å². The molecule has 1 aromatic heterocycles. The van der Waals surface area contributed by atoms with Crippen LogP contribution in [0.25, 0.3) is 11.0 Å². The number of ether oxygens (including phenoxy) is 1. The Labute approximate surface area is 93.7 Å². The van der Waals surface area contributed by atoms with Crippen molar-refractivity contribution in [2.45, 2.75) is 20.8 Å². The van der Waals surface area contributed by atoms with Crippen LogP contribution in [0, 0.1) is 13.8 Å². The van der Waals surface area contributed by atoms with E-state index >= 15 is 0 Å². The second kappa shape index (κ2) is 4.00. The van der Waals surface area contributed by atoms with Gasteiger partial charge in [0, 0.05) is 17.0 Å². The van der Waals surface area contributed by atoms with Gasteiger partial charge in [-0.25, -0.2) is 4.79 Å². The molecule has 0 amide bonds. The van der Waals surface area contributed by atoms with Gasteiger partial charge in [-0.1, -0.05) is 0 Å². The quantitative estimate of drug-likeness (QED) is 0.727. The Morgan fingerprint density at radius 3 is 2.75 bits per heavy atom. The molecule has 0 aliphatic heterocycles. The molecule has 0 unspecified atom stereocenters. The summed E-state index contributed by atoms with van der Waals surface area (Å²) >= 11 is 0. The molecule has 0 saturated heterocycles. The highest BCUT2D eigenvalue weighted by Crippen LogP contribution is 2.27. The summed E-state index contributed by atoms with van der Waals surface area (Å²) in [5.41, 5.74) is 2.11. The molecule has 16 heavy (non-hydrogen) atoms. The van der Waals surface area contributed by atoms with E-state index in [2.05, 4.69) is 0 Å². The van der Waals surface area contributed by atoms with E-state index in [1.54, 1.807) is 0 Å². The summed E-state index contributed by atoms with van der Waals surface area (Å²) in [6.07, 6.45) is 0. The second-order valence-corrected chi connectivity index (χ2v) is 3.75. The van der Waals surface area contributed by atoms with Crippen LogP contribution in [0.4, 0.5) is 0 Å². The zero-order valence-electron chi connectivity index (χ0n) is 9.66. The van der Waals surface area contributed by atoms with E-state index in [4.69, 9.17) is 9.15 Å². The van der Waals surface area contributed by atoms with Crippen LogP contribution < -0.4 is 10.4 Å². The molecule has 3 heteroatoms. The maximum Gasteiger partial charge on any atom is 0.336 e. The van der Waals surface area contributed by atoms with Crippen molar-refractivity contribution in [1.82, 2.24) is 0 Å². The summed E-state index contributed by atoms with van der Waals surface area (Å²) in [6, 6.07) is 5.34. The first-order valence-electron chi connectivity index (χ1n) is 5.30. The van der Waals surface area contributed by atoms with Gasteiger partial charge in [0.1, 0.15) is 11.3 Å². The maximum absolute atomic E-state index is 11.3. The Morgan fingerprint density at radius 1 is 1.31 bits per heavy atom. The van der Waals surface area contributed by atoms with E-state index in [-0.39, 0.29) is 5.63 Å². The van der Waals surface area contributed by atoms with Crippen LogP contribution in [0.5, 0.6) is 5.75 Å². The van der Waals surface area contributed by atoms with Crippen molar-refractivity contribution in [2.75, 3.05) is 6.61 Å². The number of hydrogen-bond donors (Lipinski definition) is 0. The molecule has 1 heterocycles. The lowest BCUT2D eigenvalue weighted by molar-refractivity contribution is 0.337. The number of benzene rings is 1. The molecule has 84 valence electrons. The van der Waals surface area contributed by atoms with Gasteiger partial charge in [0.15, 0.2) is 0 Å². The molecule has 0 fully saturated rings. The summed E-state index contributed by atoms with van der Waals surface area (Å²) in [5.74, 6) is 0.767. The van der Waals surface area contributed by atoms with Gasteiger partial charge >= 0.3 is 5.63 Å². The summed E-state index contributed by atoms with van der Waals surface area (Å²) < 4.78 is 10.7. The highest BCUT2D eigenvalue weighted by atomic mass is 16.5. The first-order valence-corrected chi connectivity index (χ1v) is 5.30. The SMILES string of the molecule is CCOc1ccc2c(C)cc(=O)oc2c1C. The van der Waals surface area contributed by atoms with Crippen molar-refractivity contribution in [3.63, 3.8) is 0 Å². The standard InChI is InChI=1S/C13H14O3/c1-4-15-11-6-5-10-8(2)7-12(14)16-13(10)9(11)3/h5-7H,4H2,1-3H3. The molecular formula is C13H14O3. The lowest BCUT2D eigenvalue weighted by Gasteiger charge is -2.09. The molecule has 0 N–H and O–H groups in total. The van der Waals surface area contributed by atoms with E-state index in [1.165, 1.54) is 6.07 Å². The van der Waals surface area contributed by atoms with Crippen LogP contribution in [0.2, 0.25) is 0 Å². The Bertz CT molecular complexity index is 581. The number of fused-ring (bicyclic) bond motifs is 1. The first-order chi connectivity index (χ1) is 7.63. The van der Waals surface area contributed by atoms with Gasteiger partial charge < -0.3 is 9.15 Å². The van der Waals surface area contributed by atoms with Crippen molar-refractivity contribution < 1.29 is 9.15 Å². The second-order valence-electron chi connectivity index (χ2n) is 3.75. The molecule has 2 rings (SSSR count). The molecule has 0 atom stereocenters. The van der Waals surface area contributed by atoms with Crippen molar-refractivity contribution in [3.8, 4) is 5.75 Å². The zero-order chi connectivity index (χ0) is 11.7. The Hall–Kier alpha value is -1.77. The van der Waals surface area contributed by atoms with Crippen LogP contribution in [0.15, 0.2) is 27.4 Å². The van der Waals surface area contributed by atoms with Crippen LogP contribution in [-0.2, 0) is 0 Å². The average Bonchev–Trinajstić information content (AvgIpc) is 2.23. The van der Waals surface area contributed by atoms with E-state index in [0.717, 1.165) is 22.3 Å². The van der Waals surface area contributed by atoms with E-state index in [1.807, 2.05) is 32.9 Å². The molecule has 0 spiro atoms. The highest BCUT2D eigenvalue weighted by molar-refractivity contribution is 5.84. The van der Waals surface area contributed by atoms with E-state index in [9.17, 15) is 4.79 Å². The van der Waals surface area contributed by atoms with Crippen LogP contribution in [0.3, 0.4) is 0 Å². The lowest BCUT2D eigenvalue weighted by atomic mass is 10.1. The average molecular weight is 218 g/mol. The van der Waals surface area contributed by atoms with Crippen LogP contribution >= 0.6 is 0 Å². The van der Waals surface area contributed by atoms with Crippen molar-refractivity contribution in [1.29, 1.82) is 0 Å². The molecule has 0 saturated carbocycles. The van der Waals surface area contributed by atoms with Crippen molar-refractivity contribution in [3.05, 3.63) is 39.7 Å². The molecule has 0 bridgehead atoms. The van der Waals surface area contributed by atoms with Crippen molar-refractivity contribution in [2.24, 2.45) is 0 Å². The van der Waals surface area contributed by atoms with Gasteiger partial charge in [0.25, 0.3) is 0 Å². The number of aryl methyl sites for hydroxylation is 2. The van der Waals surface area contributed by atoms with Gasteiger partial charge in [0.2, 0.25) is 0 Å². The monoisotopic (exact) mass is 218 g/mol. The maximum atomic E-state index is 11.3. The Morgan fingerprint density at radius 2 is 2.06 bits per heavy atom. The minimum Gasteiger partial charge on any atom is -0.493 e. The van der Waals surface area contributed by atoms with E-state index in [0.29, 0.717) is 12.2 Å². The fourth-order valence-corrected chi connectivity index (χ4v) is 1.81. The zero-order valence-corrected chi connectivity index (χ0v) is 9.66. The number of hydrogen-bond acceptors (Lipinski definition) is 3. The third kappa shape index (κ3) is 1.69. The van der Waals surface area contributed by atoms with Gasteiger partial charge in [-0.2, -0.15) is 0 Å². The predicted octanol–water partition coefficient (Wildman–Crippen LogP) is 2.81. The summed E-state index contributed by atoms with van der Waals surface area (Å²) in [7, 11) is 0. The highest BCUT2D eigenvalue weighted by Gasteiger charge is 2.09. The van der Waals surface area contributed by atoms with Crippen LogP contribution in [-0.4, -0.2) is 6.61 Å². The number of rotatable bonds is 2. The molecule has 3 nitrogen and oxygen atoms in total. The van der Waals surface area contributed by atoms with Crippen molar-refractivity contribution >= 4 is 11.0 Å². The Balaban J connectivity index is 2.78. The fourth-order valence-electron chi connectivity index (χ4n) is 1.81. The molecule has 0 aliphatic rings. The lowest BCUT2D eigenvalue weighted by Crippen LogP contribution is -2.00. The normalized spacial score (nSPS) is 10.7. The summed E-state index contributed by atoms with van der Waals surface area (Å²) in [6.45, 7) is 6.33. The largest absolute Gasteiger partial charge is 0.493 e. The summed E-state index contributed by atoms with van der Waals surface area (Å²) in [5, 5.41) is 0.959. The molecule has 2 aromatic rings. The van der Waals surface area contributed by atoms with Gasteiger partial charge in [-0.15, -0.1) is 0 Å². The third-order valence-electron chi connectivity index (χ3n) is 2.62.